The molecule has 0 spiro atoms. The van der Waals surface area contributed by atoms with Crippen LogP contribution in [-0.2, 0) is 11.3 Å². The molecule has 0 fully saturated rings. The van der Waals surface area contributed by atoms with E-state index in [1.54, 1.807) is 17.8 Å². The van der Waals surface area contributed by atoms with Crippen LogP contribution < -0.4 is 15.0 Å². The molecule has 0 bridgehead atoms. The smallest absolute Gasteiger partial charge is 0.348 e. The zero-order valence-electron chi connectivity index (χ0n) is 19.9. The minimum absolute atomic E-state index is 0.115. The lowest BCUT2D eigenvalue weighted by Crippen LogP contribution is -2.21. The molecule has 0 saturated carbocycles. The van der Waals surface area contributed by atoms with Gasteiger partial charge in [-0.1, -0.05) is 36.4 Å². The third kappa shape index (κ3) is 6.08. The number of hydrogen-bond donors (Lipinski definition) is 0. The number of ether oxygens (including phenoxy) is 3. The molecule has 8 heteroatoms. The molecule has 0 atom stereocenters. The topological polar surface area (TPSA) is 79.7 Å². The first-order chi connectivity index (χ1) is 17.0. The molecule has 2 aromatic heterocycles. The maximum atomic E-state index is 13.1. The molecular weight excluding hydrogens is 464 g/mol. The van der Waals surface area contributed by atoms with Crippen molar-refractivity contribution in [3.8, 4) is 11.5 Å². The molecule has 7 nitrogen and oxygen atoms in total. The lowest BCUT2D eigenvalue weighted by molar-refractivity contribution is 0.0455. The molecule has 182 valence electrons. The number of aryl methyl sites for hydroxylation is 3. The summed E-state index contributed by atoms with van der Waals surface area (Å²) in [6.45, 7) is 5.25. The van der Waals surface area contributed by atoms with Gasteiger partial charge in [-0.15, -0.1) is 11.3 Å². The van der Waals surface area contributed by atoms with Gasteiger partial charge in [-0.2, -0.15) is 0 Å². The minimum atomic E-state index is -0.471. The molecule has 4 aromatic rings. The van der Waals surface area contributed by atoms with E-state index in [4.69, 9.17) is 14.2 Å². The average Bonchev–Trinajstić information content (AvgIpc) is 3.21. The van der Waals surface area contributed by atoms with Gasteiger partial charge in [0.15, 0.2) is 0 Å². The Balaban J connectivity index is 1.32. The van der Waals surface area contributed by atoms with Gasteiger partial charge in [0.05, 0.1) is 18.3 Å². The maximum Gasteiger partial charge on any atom is 0.348 e. The van der Waals surface area contributed by atoms with Crippen molar-refractivity contribution in [1.29, 1.82) is 0 Å². The van der Waals surface area contributed by atoms with Crippen LogP contribution in [0.1, 0.15) is 33.6 Å². The second kappa shape index (κ2) is 11.7. The van der Waals surface area contributed by atoms with Crippen LogP contribution in [0.15, 0.2) is 65.7 Å². The van der Waals surface area contributed by atoms with Gasteiger partial charge < -0.3 is 14.2 Å². The first-order valence-corrected chi connectivity index (χ1v) is 12.4. The summed E-state index contributed by atoms with van der Waals surface area (Å²) in [6, 6.07) is 17.2. The maximum absolute atomic E-state index is 13.1. The highest BCUT2D eigenvalue weighted by atomic mass is 32.1. The summed E-state index contributed by atoms with van der Waals surface area (Å²) in [5.74, 6) is 1.13. The van der Waals surface area contributed by atoms with Gasteiger partial charge >= 0.3 is 5.97 Å². The lowest BCUT2D eigenvalue weighted by atomic mass is 10.2. The molecule has 0 radical (unpaired) electrons. The fraction of sp³-hybridized carbons (Fsp3) is 0.296. The Labute approximate surface area is 207 Å². The summed E-state index contributed by atoms with van der Waals surface area (Å²) in [4.78, 5) is 31.0. The number of carbonyl (C=O) groups excluding carboxylic acids is 1. The summed E-state index contributed by atoms with van der Waals surface area (Å²) in [7, 11) is 0. The van der Waals surface area contributed by atoms with Crippen LogP contribution in [0.25, 0.3) is 10.2 Å². The molecule has 0 aliphatic carbocycles. The van der Waals surface area contributed by atoms with Gasteiger partial charge in [0.1, 0.15) is 34.4 Å². The van der Waals surface area contributed by atoms with Crippen molar-refractivity contribution in [3.63, 3.8) is 0 Å². The van der Waals surface area contributed by atoms with Crippen LogP contribution in [0.4, 0.5) is 0 Å². The number of carbonyl (C=O) groups is 1. The molecule has 0 aliphatic heterocycles. The van der Waals surface area contributed by atoms with E-state index in [0.717, 1.165) is 24.2 Å². The SMILES string of the molecule is Cc1ccccc1OCCCCn1cnc2sc(C(=O)OCCOc3ccccc3)c(C)c2c1=O. The highest BCUT2D eigenvalue weighted by molar-refractivity contribution is 7.20. The normalized spacial score (nSPS) is 10.9. The molecule has 2 aromatic carbocycles. The van der Waals surface area contributed by atoms with E-state index in [1.165, 1.54) is 11.3 Å². The number of benzene rings is 2. The molecule has 0 aliphatic rings. The van der Waals surface area contributed by atoms with Crippen LogP contribution in [0.5, 0.6) is 11.5 Å². The van der Waals surface area contributed by atoms with E-state index in [9.17, 15) is 9.59 Å². The molecular formula is C27H28N2O5S. The molecule has 2 heterocycles. The Morgan fingerprint density at radius 1 is 0.943 bits per heavy atom. The van der Waals surface area contributed by atoms with Gasteiger partial charge in [-0.05, 0) is 56.0 Å². The molecule has 0 unspecified atom stereocenters. The summed E-state index contributed by atoms with van der Waals surface area (Å²) in [6.07, 6.45) is 3.13. The summed E-state index contributed by atoms with van der Waals surface area (Å²) in [5.41, 5.74) is 1.56. The van der Waals surface area contributed by atoms with Gasteiger partial charge in [-0.25, -0.2) is 9.78 Å². The monoisotopic (exact) mass is 492 g/mol. The second-order valence-electron chi connectivity index (χ2n) is 8.10. The number of hydrogen-bond acceptors (Lipinski definition) is 7. The van der Waals surface area contributed by atoms with E-state index in [2.05, 4.69) is 4.98 Å². The predicted molar refractivity (Wildman–Crippen MR) is 137 cm³/mol. The van der Waals surface area contributed by atoms with E-state index in [1.807, 2.05) is 61.5 Å². The molecule has 4 rings (SSSR count). The first-order valence-electron chi connectivity index (χ1n) is 11.6. The Kier molecular flexibility index (Phi) is 8.15. The van der Waals surface area contributed by atoms with Crippen molar-refractivity contribution in [2.75, 3.05) is 19.8 Å². The molecule has 0 saturated heterocycles. The minimum Gasteiger partial charge on any atom is -0.493 e. The molecule has 0 N–H and O–H groups in total. The van der Waals surface area contributed by atoms with E-state index < -0.39 is 5.97 Å². The highest BCUT2D eigenvalue weighted by Gasteiger charge is 2.20. The summed E-state index contributed by atoms with van der Waals surface area (Å²) in [5, 5.41) is 0.473. The Morgan fingerprint density at radius 2 is 1.71 bits per heavy atom. The standard InChI is InChI=1S/C27H28N2O5S/c1-19-10-6-7-13-22(19)33-15-9-8-14-29-18-28-25-23(26(29)30)20(2)24(35-25)27(31)34-17-16-32-21-11-4-3-5-12-21/h3-7,10-13,18H,8-9,14-17H2,1-2H3. The zero-order chi connectivity index (χ0) is 24.6. The predicted octanol–water partition coefficient (Wildman–Crippen LogP) is 5.17. The van der Waals surface area contributed by atoms with E-state index in [0.29, 0.717) is 39.6 Å². The van der Waals surface area contributed by atoms with Crippen molar-refractivity contribution in [2.45, 2.75) is 33.2 Å². The molecule has 35 heavy (non-hydrogen) atoms. The number of aromatic nitrogens is 2. The van der Waals surface area contributed by atoms with Gasteiger partial charge in [0, 0.05) is 6.54 Å². The number of para-hydroxylation sites is 2. The number of unbranched alkanes of at least 4 members (excludes halogenated alkanes) is 1. The lowest BCUT2D eigenvalue weighted by Gasteiger charge is -2.09. The highest BCUT2D eigenvalue weighted by Crippen LogP contribution is 2.27. The fourth-order valence-corrected chi connectivity index (χ4v) is 4.71. The molecule has 0 amide bonds. The Hall–Kier alpha value is -3.65. The number of thiophene rings is 1. The first kappa shape index (κ1) is 24.5. The van der Waals surface area contributed by atoms with Crippen LogP contribution in [0.3, 0.4) is 0 Å². The van der Waals surface area contributed by atoms with Crippen LogP contribution >= 0.6 is 11.3 Å². The Morgan fingerprint density at radius 3 is 2.51 bits per heavy atom. The van der Waals surface area contributed by atoms with Gasteiger partial charge in [-0.3, -0.25) is 9.36 Å². The van der Waals surface area contributed by atoms with Crippen molar-refractivity contribution in [3.05, 3.63) is 87.3 Å². The van der Waals surface area contributed by atoms with Crippen LogP contribution in [-0.4, -0.2) is 35.3 Å². The van der Waals surface area contributed by atoms with Crippen molar-refractivity contribution in [1.82, 2.24) is 9.55 Å². The van der Waals surface area contributed by atoms with Crippen LogP contribution in [0.2, 0.25) is 0 Å². The summed E-state index contributed by atoms with van der Waals surface area (Å²) >= 11 is 1.18. The average molecular weight is 493 g/mol. The zero-order valence-corrected chi connectivity index (χ0v) is 20.7. The third-order valence-corrected chi connectivity index (χ3v) is 6.76. The van der Waals surface area contributed by atoms with Crippen molar-refractivity contribution >= 4 is 27.5 Å². The third-order valence-electron chi connectivity index (χ3n) is 5.58. The summed E-state index contributed by atoms with van der Waals surface area (Å²) < 4.78 is 18.3. The van der Waals surface area contributed by atoms with E-state index in [-0.39, 0.29) is 18.8 Å². The van der Waals surface area contributed by atoms with Crippen molar-refractivity contribution < 1.29 is 19.0 Å². The van der Waals surface area contributed by atoms with Crippen molar-refractivity contribution in [2.24, 2.45) is 0 Å². The second-order valence-corrected chi connectivity index (χ2v) is 9.10. The van der Waals surface area contributed by atoms with Crippen LogP contribution in [0, 0.1) is 13.8 Å². The quantitative estimate of drug-likeness (QED) is 0.212. The Bertz CT molecular complexity index is 1350. The number of fused-ring (bicyclic) bond motifs is 1. The number of rotatable bonds is 11. The largest absolute Gasteiger partial charge is 0.493 e. The van der Waals surface area contributed by atoms with Gasteiger partial charge in [0.2, 0.25) is 0 Å². The van der Waals surface area contributed by atoms with Gasteiger partial charge in [0.25, 0.3) is 5.56 Å². The number of nitrogens with zero attached hydrogens (tertiary/aromatic N) is 2. The number of esters is 1. The fourth-order valence-electron chi connectivity index (χ4n) is 3.67. The van der Waals surface area contributed by atoms with E-state index >= 15 is 0 Å².